The number of hydrogen-bond donors (Lipinski definition) is 1. The summed E-state index contributed by atoms with van der Waals surface area (Å²) >= 11 is 0. The fraction of sp³-hybridized carbons (Fsp3) is 0.579. The second kappa shape index (κ2) is 11.3. The molecule has 0 heterocycles. The molecule has 1 rings (SSSR count). The molecule has 0 atom stereocenters. The molecule has 0 aromatic heterocycles. The predicted molar refractivity (Wildman–Crippen MR) is 99.1 cm³/mol. The van der Waals surface area contributed by atoms with Gasteiger partial charge in [-0.1, -0.05) is 32.8 Å². The van der Waals surface area contributed by atoms with Crippen molar-refractivity contribution < 1.29 is 19.1 Å². The molecule has 0 aliphatic heterocycles. The Bertz CT molecular complexity index is 538. The van der Waals surface area contributed by atoms with E-state index in [2.05, 4.69) is 19.2 Å². The largest absolute Gasteiger partial charge is 0.447 e. The highest BCUT2D eigenvalue weighted by atomic mass is 16.6. The van der Waals surface area contributed by atoms with E-state index in [1.807, 2.05) is 0 Å². The Morgan fingerprint density at radius 2 is 1.76 bits per heavy atom. The third kappa shape index (κ3) is 8.42. The number of ether oxygens (including phenoxy) is 2. The summed E-state index contributed by atoms with van der Waals surface area (Å²) in [5.41, 5.74) is 0.518. The molecule has 0 aliphatic carbocycles. The lowest BCUT2D eigenvalue weighted by Gasteiger charge is -2.21. The van der Waals surface area contributed by atoms with Gasteiger partial charge in [0, 0.05) is 24.8 Å². The van der Waals surface area contributed by atoms with Crippen molar-refractivity contribution in [3.8, 4) is 5.75 Å². The molecule has 0 aliphatic rings. The molecule has 2 amide bonds. The molecule has 140 valence electrons. The van der Waals surface area contributed by atoms with Crippen LogP contribution in [0, 0.1) is 0 Å². The van der Waals surface area contributed by atoms with Gasteiger partial charge in [0.15, 0.2) is 0 Å². The second-order valence-corrected chi connectivity index (χ2v) is 6.17. The van der Waals surface area contributed by atoms with Crippen molar-refractivity contribution in [3.05, 3.63) is 24.3 Å². The van der Waals surface area contributed by atoms with E-state index in [4.69, 9.17) is 9.47 Å². The Hall–Kier alpha value is -2.24. The molecule has 1 aromatic rings. The van der Waals surface area contributed by atoms with Crippen LogP contribution in [0.4, 0.5) is 15.3 Å². The number of rotatable bonds is 9. The number of unbranched alkanes of at least 4 members (excludes halogenated alkanes) is 2. The molecule has 0 saturated carbocycles. The minimum atomic E-state index is -0.536. The molecular weight excluding hydrogens is 320 g/mol. The molecule has 0 unspecified atom stereocenters. The van der Waals surface area contributed by atoms with Crippen LogP contribution in [0.2, 0.25) is 0 Å². The molecule has 6 heteroatoms. The second-order valence-electron chi connectivity index (χ2n) is 6.17. The highest BCUT2D eigenvalue weighted by Gasteiger charge is 2.15. The maximum absolute atomic E-state index is 12.4. The van der Waals surface area contributed by atoms with Crippen molar-refractivity contribution in [2.24, 2.45) is 0 Å². The average Bonchev–Trinajstić information content (AvgIpc) is 2.54. The molecule has 0 radical (unpaired) electrons. The van der Waals surface area contributed by atoms with Gasteiger partial charge in [-0.05, 0) is 38.8 Å². The van der Waals surface area contributed by atoms with Gasteiger partial charge in [-0.15, -0.1) is 0 Å². The van der Waals surface area contributed by atoms with Crippen molar-refractivity contribution >= 4 is 17.9 Å². The Balaban J connectivity index is 2.68. The van der Waals surface area contributed by atoms with E-state index in [9.17, 15) is 9.59 Å². The van der Waals surface area contributed by atoms with Crippen molar-refractivity contribution in [2.75, 3.05) is 18.4 Å². The molecule has 0 saturated heterocycles. The highest BCUT2D eigenvalue weighted by molar-refractivity contribution is 5.85. The van der Waals surface area contributed by atoms with Crippen LogP contribution in [-0.2, 0) is 4.74 Å². The number of carbonyl (C=O) groups is 2. The molecule has 1 aromatic carbocycles. The van der Waals surface area contributed by atoms with Gasteiger partial charge in [0.25, 0.3) is 0 Å². The van der Waals surface area contributed by atoms with Crippen molar-refractivity contribution in [1.82, 2.24) is 4.90 Å². The third-order valence-electron chi connectivity index (χ3n) is 3.45. The zero-order valence-corrected chi connectivity index (χ0v) is 15.7. The average molecular weight is 350 g/mol. The number of carbonyl (C=O) groups excluding carboxylic acids is 2. The third-order valence-corrected chi connectivity index (χ3v) is 3.45. The summed E-state index contributed by atoms with van der Waals surface area (Å²) in [5.74, 6) is 0.394. The van der Waals surface area contributed by atoms with E-state index >= 15 is 0 Å². The standard InChI is InChI=1S/C19H30N2O4/c1-5-7-12-21(13-8-6-2)19(23)25-17-11-9-10-16(14-17)20-18(22)24-15(3)4/h9-11,14-15H,5-8,12-13H2,1-4H3,(H,20,22). The van der Waals surface area contributed by atoms with E-state index in [1.54, 1.807) is 43.0 Å². The Kier molecular flexibility index (Phi) is 9.43. The SMILES string of the molecule is CCCCN(CCCC)C(=O)Oc1cccc(NC(=O)OC(C)C)c1. The summed E-state index contributed by atoms with van der Waals surface area (Å²) in [6, 6.07) is 6.73. The van der Waals surface area contributed by atoms with Gasteiger partial charge >= 0.3 is 12.2 Å². The number of nitrogens with zero attached hydrogens (tertiary/aromatic N) is 1. The Morgan fingerprint density at radius 3 is 2.32 bits per heavy atom. The van der Waals surface area contributed by atoms with Crippen molar-refractivity contribution in [3.63, 3.8) is 0 Å². The normalized spacial score (nSPS) is 10.4. The first-order valence-electron chi connectivity index (χ1n) is 9.00. The zero-order chi connectivity index (χ0) is 18.7. The monoisotopic (exact) mass is 350 g/mol. The number of nitrogens with one attached hydrogen (secondary N) is 1. The quantitative estimate of drug-likeness (QED) is 0.677. The lowest BCUT2D eigenvalue weighted by Crippen LogP contribution is -2.35. The van der Waals surface area contributed by atoms with Gasteiger partial charge in [-0.2, -0.15) is 0 Å². The maximum atomic E-state index is 12.4. The number of amides is 2. The smallest absolute Gasteiger partial charge is 0.415 e. The summed E-state index contributed by atoms with van der Waals surface area (Å²) in [4.78, 5) is 25.8. The van der Waals surface area contributed by atoms with Gasteiger partial charge in [-0.25, -0.2) is 9.59 Å². The summed E-state index contributed by atoms with van der Waals surface area (Å²) in [7, 11) is 0. The number of anilines is 1. The van der Waals surface area contributed by atoms with E-state index in [1.165, 1.54) is 0 Å². The van der Waals surface area contributed by atoms with Gasteiger partial charge in [0.05, 0.1) is 6.10 Å². The maximum Gasteiger partial charge on any atom is 0.415 e. The fourth-order valence-electron chi connectivity index (χ4n) is 2.16. The van der Waals surface area contributed by atoms with Crippen LogP contribution in [0.5, 0.6) is 5.75 Å². The van der Waals surface area contributed by atoms with Crippen molar-refractivity contribution in [1.29, 1.82) is 0 Å². The summed E-state index contributed by atoms with van der Waals surface area (Å²) < 4.78 is 10.5. The molecule has 6 nitrogen and oxygen atoms in total. The molecule has 0 spiro atoms. The first kappa shape index (κ1) is 20.8. The topological polar surface area (TPSA) is 67.9 Å². The number of benzene rings is 1. The van der Waals surface area contributed by atoms with Crippen LogP contribution in [-0.4, -0.2) is 36.3 Å². The summed E-state index contributed by atoms with van der Waals surface area (Å²) in [6.45, 7) is 9.11. The minimum Gasteiger partial charge on any atom is -0.447 e. The van der Waals surface area contributed by atoms with Crippen LogP contribution >= 0.6 is 0 Å². The Labute approximate surface area is 150 Å². The first-order valence-corrected chi connectivity index (χ1v) is 9.00. The number of hydrogen-bond acceptors (Lipinski definition) is 4. The van der Waals surface area contributed by atoms with Crippen LogP contribution < -0.4 is 10.1 Å². The van der Waals surface area contributed by atoms with Gasteiger partial charge < -0.3 is 14.4 Å². The summed E-state index contributed by atoms with van der Waals surface area (Å²) in [6.07, 6.45) is 2.84. The van der Waals surface area contributed by atoms with Crippen LogP contribution in [0.1, 0.15) is 53.4 Å². The Morgan fingerprint density at radius 1 is 1.12 bits per heavy atom. The minimum absolute atomic E-state index is 0.202. The summed E-state index contributed by atoms with van der Waals surface area (Å²) in [5, 5.41) is 2.62. The molecular formula is C19H30N2O4. The zero-order valence-electron chi connectivity index (χ0n) is 15.7. The van der Waals surface area contributed by atoms with Crippen LogP contribution in [0.3, 0.4) is 0 Å². The van der Waals surface area contributed by atoms with E-state index in [-0.39, 0.29) is 12.2 Å². The molecule has 0 bridgehead atoms. The van der Waals surface area contributed by atoms with Crippen LogP contribution in [0.25, 0.3) is 0 Å². The lowest BCUT2D eigenvalue weighted by atomic mass is 10.3. The predicted octanol–water partition coefficient (Wildman–Crippen LogP) is 5.04. The van der Waals surface area contributed by atoms with Gasteiger partial charge in [-0.3, -0.25) is 5.32 Å². The highest BCUT2D eigenvalue weighted by Crippen LogP contribution is 2.19. The van der Waals surface area contributed by atoms with E-state index in [0.717, 1.165) is 25.7 Å². The van der Waals surface area contributed by atoms with Gasteiger partial charge in [0.1, 0.15) is 5.75 Å². The lowest BCUT2D eigenvalue weighted by molar-refractivity contribution is 0.130. The van der Waals surface area contributed by atoms with Crippen molar-refractivity contribution in [2.45, 2.75) is 59.5 Å². The molecule has 25 heavy (non-hydrogen) atoms. The fourth-order valence-corrected chi connectivity index (χ4v) is 2.16. The molecule has 0 fully saturated rings. The van der Waals surface area contributed by atoms with E-state index in [0.29, 0.717) is 24.5 Å². The van der Waals surface area contributed by atoms with Gasteiger partial charge in [0.2, 0.25) is 0 Å². The molecule has 1 N–H and O–H groups in total. The van der Waals surface area contributed by atoms with Crippen LogP contribution in [0.15, 0.2) is 24.3 Å². The first-order chi connectivity index (χ1) is 12.0. The van der Waals surface area contributed by atoms with E-state index < -0.39 is 6.09 Å².